The lowest BCUT2D eigenvalue weighted by atomic mass is 10.1. The van der Waals surface area contributed by atoms with Crippen LogP contribution < -0.4 is 5.32 Å². The highest BCUT2D eigenvalue weighted by atomic mass is 32.2. The van der Waals surface area contributed by atoms with E-state index in [9.17, 15) is 14.9 Å². The second-order valence-electron chi connectivity index (χ2n) is 4.06. The summed E-state index contributed by atoms with van der Waals surface area (Å²) in [6.07, 6.45) is 2.95. The first-order valence-electron chi connectivity index (χ1n) is 5.74. The Balaban J connectivity index is 2.79. The van der Waals surface area contributed by atoms with E-state index in [1.54, 1.807) is 17.8 Å². The number of nitro groups is 1. The molecular formula is C12H16N2O4S. The number of rotatable bonds is 7. The van der Waals surface area contributed by atoms with Gasteiger partial charge in [0.15, 0.2) is 0 Å². The molecular weight excluding hydrogens is 268 g/mol. The first-order valence-corrected chi connectivity index (χ1v) is 7.03. The zero-order valence-electron chi connectivity index (χ0n) is 10.8. The van der Waals surface area contributed by atoms with Gasteiger partial charge in [0.2, 0.25) is 0 Å². The van der Waals surface area contributed by atoms with Gasteiger partial charge in [-0.3, -0.25) is 10.1 Å². The minimum absolute atomic E-state index is 0.298. The first-order chi connectivity index (χ1) is 8.95. The van der Waals surface area contributed by atoms with Crippen molar-refractivity contribution in [2.24, 2.45) is 0 Å². The molecule has 6 nitrogen and oxygen atoms in total. The highest BCUT2D eigenvalue weighted by Gasteiger charge is 2.19. The van der Waals surface area contributed by atoms with E-state index in [0.29, 0.717) is 17.5 Å². The lowest BCUT2D eigenvalue weighted by Crippen LogP contribution is -2.09. The van der Waals surface area contributed by atoms with Crippen molar-refractivity contribution < 1.29 is 14.8 Å². The van der Waals surface area contributed by atoms with Crippen molar-refractivity contribution in [3.05, 3.63) is 33.9 Å². The van der Waals surface area contributed by atoms with Crippen molar-refractivity contribution in [1.29, 1.82) is 0 Å². The van der Waals surface area contributed by atoms with Crippen LogP contribution in [0.5, 0.6) is 0 Å². The number of carboxylic acids is 1. The Morgan fingerprint density at radius 1 is 1.58 bits per heavy atom. The standard InChI is InChI=1S/C12H16N2O4S/c1-8(19-2)5-6-13-9-3-4-10(12(15)16)11(7-9)14(17)18/h3-4,7-8,13H,5-6H2,1-2H3,(H,15,16). The molecule has 0 fully saturated rings. The second kappa shape index (κ2) is 6.98. The molecule has 2 N–H and O–H groups in total. The van der Waals surface area contributed by atoms with Gasteiger partial charge in [-0.05, 0) is 24.8 Å². The van der Waals surface area contributed by atoms with E-state index in [2.05, 4.69) is 12.2 Å². The summed E-state index contributed by atoms with van der Waals surface area (Å²) in [6, 6.07) is 4.05. The third-order valence-corrected chi connectivity index (χ3v) is 3.75. The Hall–Kier alpha value is -1.76. The summed E-state index contributed by atoms with van der Waals surface area (Å²) in [5.41, 5.74) is -0.131. The molecule has 0 spiro atoms. The van der Waals surface area contributed by atoms with E-state index >= 15 is 0 Å². The molecule has 0 amide bonds. The molecule has 19 heavy (non-hydrogen) atoms. The molecule has 7 heteroatoms. The number of hydrogen-bond donors (Lipinski definition) is 2. The highest BCUT2D eigenvalue weighted by molar-refractivity contribution is 7.99. The maximum Gasteiger partial charge on any atom is 0.342 e. The smallest absolute Gasteiger partial charge is 0.342 e. The fraction of sp³-hybridized carbons (Fsp3) is 0.417. The molecule has 0 heterocycles. The van der Waals surface area contributed by atoms with Crippen LogP contribution in [0.15, 0.2) is 18.2 Å². The Labute approximate surface area is 115 Å². The number of nitrogens with zero attached hydrogens (tertiary/aromatic N) is 1. The molecule has 1 atom stereocenters. The van der Waals surface area contributed by atoms with Gasteiger partial charge in [0.05, 0.1) is 4.92 Å². The van der Waals surface area contributed by atoms with Crippen molar-refractivity contribution in [2.75, 3.05) is 18.1 Å². The van der Waals surface area contributed by atoms with Crippen LogP contribution in [-0.4, -0.2) is 34.0 Å². The van der Waals surface area contributed by atoms with Gasteiger partial charge < -0.3 is 10.4 Å². The molecule has 104 valence electrons. The molecule has 0 aromatic heterocycles. The third-order valence-electron chi connectivity index (χ3n) is 2.71. The summed E-state index contributed by atoms with van der Waals surface area (Å²) < 4.78 is 0. The Bertz CT molecular complexity index is 479. The molecule has 0 radical (unpaired) electrons. The lowest BCUT2D eigenvalue weighted by molar-refractivity contribution is -0.385. The van der Waals surface area contributed by atoms with Gasteiger partial charge in [-0.1, -0.05) is 6.92 Å². The average molecular weight is 284 g/mol. The average Bonchev–Trinajstić information content (AvgIpc) is 2.38. The molecule has 1 aromatic carbocycles. The van der Waals surface area contributed by atoms with Gasteiger partial charge in [0, 0.05) is 23.5 Å². The SMILES string of the molecule is CSC(C)CCNc1ccc(C(=O)O)c([N+](=O)[O-])c1. The van der Waals surface area contributed by atoms with Crippen LogP contribution in [0.25, 0.3) is 0 Å². The van der Waals surface area contributed by atoms with Crippen molar-refractivity contribution >= 4 is 29.1 Å². The normalized spacial score (nSPS) is 11.9. The van der Waals surface area contributed by atoms with Gasteiger partial charge >= 0.3 is 5.97 Å². The quantitative estimate of drug-likeness (QED) is 0.591. The van der Waals surface area contributed by atoms with Crippen LogP contribution in [0.2, 0.25) is 0 Å². The zero-order chi connectivity index (χ0) is 14.4. The van der Waals surface area contributed by atoms with Crippen molar-refractivity contribution in [3.8, 4) is 0 Å². The molecule has 1 aromatic rings. The molecule has 0 bridgehead atoms. The Morgan fingerprint density at radius 2 is 2.26 bits per heavy atom. The second-order valence-corrected chi connectivity index (χ2v) is 5.33. The number of thioether (sulfide) groups is 1. The number of carboxylic acid groups (broad SMARTS) is 1. The summed E-state index contributed by atoms with van der Waals surface area (Å²) in [6.45, 7) is 2.79. The Morgan fingerprint density at radius 3 is 2.79 bits per heavy atom. The van der Waals surface area contributed by atoms with Crippen molar-refractivity contribution in [1.82, 2.24) is 0 Å². The third kappa shape index (κ3) is 4.44. The van der Waals surface area contributed by atoms with E-state index in [-0.39, 0.29) is 5.56 Å². The van der Waals surface area contributed by atoms with Crippen molar-refractivity contribution in [3.63, 3.8) is 0 Å². The van der Waals surface area contributed by atoms with Gasteiger partial charge in [-0.15, -0.1) is 0 Å². The fourth-order valence-corrected chi connectivity index (χ4v) is 1.86. The molecule has 1 unspecified atom stereocenters. The number of nitro benzene ring substituents is 1. The number of aromatic carboxylic acids is 1. The number of carbonyl (C=O) groups is 1. The van der Waals surface area contributed by atoms with Crippen LogP contribution in [0.4, 0.5) is 11.4 Å². The number of hydrogen-bond acceptors (Lipinski definition) is 5. The van der Waals surface area contributed by atoms with E-state index in [1.165, 1.54) is 12.1 Å². The number of nitrogens with one attached hydrogen (secondary N) is 1. The number of benzene rings is 1. The first kappa shape index (κ1) is 15.3. The predicted octanol–water partition coefficient (Wildman–Crippen LogP) is 2.85. The van der Waals surface area contributed by atoms with E-state index < -0.39 is 16.6 Å². The van der Waals surface area contributed by atoms with Crippen molar-refractivity contribution in [2.45, 2.75) is 18.6 Å². The summed E-state index contributed by atoms with van der Waals surface area (Å²) in [5.74, 6) is -1.30. The van der Waals surface area contributed by atoms with Gasteiger partial charge in [0.25, 0.3) is 5.69 Å². The minimum atomic E-state index is -1.30. The Kier molecular flexibility index (Phi) is 5.62. The van der Waals surface area contributed by atoms with Crippen LogP contribution in [0, 0.1) is 10.1 Å². The fourth-order valence-electron chi connectivity index (χ4n) is 1.51. The van der Waals surface area contributed by atoms with Crippen LogP contribution in [-0.2, 0) is 0 Å². The molecule has 0 aliphatic carbocycles. The monoisotopic (exact) mass is 284 g/mol. The molecule has 0 saturated heterocycles. The largest absolute Gasteiger partial charge is 0.477 e. The van der Waals surface area contributed by atoms with Gasteiger partial charge in [-0.25, -0.2) is 4.79 Å². The predicted molar refractivity (Wildman–Crippen MR) is 76.1 cm³/mol. The van der Waals surface area contributed by atoms with Crippen LogP contribution in [0.3, 0.4) is 0 Å². The molecule has 0 aliphatic rings. The number of anilines is 1. The van der Waals surface area contributed by atoms with Crippen LogP contribution >= 0.6 is 11.8 Å². The highest BCUT2D eigenvalue weighted by Crippen LogP contribution is 2.23. The molecule has 0 aliphatic heterocycles. The van der Waals surface area contributed by atoms with E-state index in [1.807, 2.05) is 6.26 Å². The van der Waals surface area contributed by atoms with Crippen LogP contribution in [0.1, 0.15) is 23.7 Å². The summed E-state index contributed by atoms with van der Waals surface area (Å²) >= 11 is 1.75. The topological polar surface area (TPSA) is 92.5 Å². The maximum atomic E-state index is 10.9. The summed E-state index contributed by atoms with van der Waals surface area (Å²) in [4.78, 5) is 21.0. The minimum Gasteiger partial charge on any atom is -0.477 e. The lowest BCUT2D eigenvalue weighted by Gasteiger charge is -2.10. The summed E-state index contributed by atoms with van der Waals surface area (Å²) in [7, 11) is 0. The zero-order valence-corrected chi connectivity index (χ0v) is 11.6. The summed E-state index contributed by atoms with van der Waals surface area (Å²) in [5, 5.41) is 23.2. The maximum absolute atomic E-state index is 10.9. The van der Waals surface area contributed by atoms with E-state index in [0.717, 1.165) is 6.42 Å². The molecule has 1 rings (SSSR count). The van der Waals surface area contributed by atoms with Gasteiger partial charge in [-0.2, -0.15) is 11.8 Å². The van der Waals surface area contributed by atoms with E-state index in [4.69, 9.17) is 5.11 Å². The van der Waals surface area contributed by atoms with Gasteiger partial charge in [0.1, 0.15) is 5.56 Å². The molecule has 0 saturated carbocycles.